The van der Waals surface area contributed by atoms with Gasteiger partial charge in [-0.05, 0) is 18.2 Å². The largest absolute Gasteiger partial charge is 0.423 e. The van der Waals surface area contributed by atoms with Crippen molar-refractivity contribution in [2.45, 2.75) is 0 Å². The molecule has 1 amide bonds. The predicted octanol–water partition coefficient (Wildman–Crippen LogP) is 4.95. The van der Waals surface area contributed by atoms with Crippen LogP contribution in [0.1, 0.15) is 9.67 Å². The fourth-order valence-electron chi connectivity index (χ4n) is 2.24. The molecule has 0 spiro atoms. The van der Waals surface area contributed by atoms with Crippen LogP contribution in [0.5, 0.6) is 0 Å². The third kappa shape index (κ3) is 2.15. The number of halogens is 1. The number of benzene rings is 2. The monoisotopic (exact) mass is 328 g/mol. The molecule has 0 radical (unpaired) electrons. The van der Waals surface area contributed by atoms with Crippen LogP contribution >= 0.6 is 22.9 Å². The number of hydrogen-bond donors (Lipinski definition) is 1. The second-order valence-electron chi connectivity index (χ2n) is 4.68. The van der Waals surface area contributed by atoms with Crippen molar-refractivity contribution < 1.29 is 9.21 Å². The van der Waals surface area contributed by atoms with Gasteiger partial charge in [0.05, 0.1) is 5.02 Å². The molecule has 1 N–H and O–H groups in total. The zero-order chi connectivity index (χ0) is 15.1. The van der Waals surface area contributed by atoms with E-state index in [2.05, 4.69) is 10.3 Å². The molecule has 0 saturated heterocycles. The van der Waals surface area contributed by atoms with Gasteiger partial charge < -0.3 is 4.42 Å². The predicted molar refractivity (Wildman–Crippen MR) is 88.8 cm³/mol. The minimum absolute atomic E-state index is 0.166. The second-order valence-corrected chi connectivity index (χ2v) is 6.11. The van der Waals surface area contributed by atoms with Gasteiger partial charge in [0.15, 0.2) is 5.58 Å². The van der Waals surface area contributed by atoms with E-state index in [0.29, 0.717) is 21.0 Å². The molecule has 2 aromatic carbocycles. The molecule has 0 atom stereocenters. The van der Waals surface area contributed by atoms with E-state index >= 15 is 0 Å². The van der Waals surface area contributed by atoms with Crippen LogP contribution in [0.25, 0.3) is 21.2 Å². The van der Waals surface area contributed by atoms with Gasteiger partial charge in [0.1, 0.15) is 10.4 Å². The Kier molecular flexibility index (Phi) is 3.10. The molecule has 0 aliphatic rings. The molecule has 4 nitrogen and oxygen atoms in total. The van der Waals surface area contributed by atoms with E-state index in [1.807, 2.05) is 42.5 Å². The van der Waals surface area contributed by atoms with Crippen LogP contribution < -0.4 is 5.32 Å². The second kappa shape index (κ2) is 5.12. The van der Waals surface area contributed by atoms with E-state index in [9.17, 15) is 4.79 Å². The smallest absolute Gasteiger partial charge is 0.302 e. The van der Waals surface area contributed by atoms with Crippen LogP contribution in [-0.2, 0) is 0 Å². The lowest BCUT2D eigenvalue weighted by molar-refractivity contribution is 0.102. The molecule has 4 aromatic rings. The molecule has 0 unspecified atom stereocenters. The van der Waals surface area contributed by atoms with E-state index in [1.54, 1.807) is 6.07 Å². The Balaban J connectivity index is 1.69. The summed E-state index contributed by atoms with van der Waals surface area (Å²) in [5.41, 5.74) is 1.32. The highest BCUT2D eigenvalue weighted by atomic mass is 35.5. The number of fused-ring (bicyclic) bond motifs is 2. The topological polar surface area (TPSA) is 55.1 Å². The summed E-state index contributed by atoms with van der Waals surface area (Å²) in [4.78, 5) is 17.1. The van der Waals surface area contributed by atoms with Crippen LogP contribution in [0.2, 0.25) is 5.02 Å². The van der Waals surface area contributed by atoms with E-state index < -0.39 is 0 Å². The van der Waals surface area contributed by atoms with Gasteiger partial charge in [-0.15, -0.1) is 11.3 Å². The van der Waals surface area contributed by atoms with Crippen molar-refractivity contribution in [1.29, 1.82) is 0 Å². The first-order valence-electron chi connectivity index (χ1n) is 6.56. The SMILES string of the molecule is O=C(Nc1nc2ccccc2o1)c1sc2ccccc2c1Cl. The number of nitrogens with zero attached hydrogens (tertiary/aromatic N) is 1. The number of para-hydroxylation sites is 2. The summed E-state index contributed by atoms with van der Waals surface area (Å²) in [5.74, 6) is -0.322. The summed E-state index contributed by atoms with van der Waals surface area (Å²) in [6.45, 7) is 0. The fraction of sp³-hybridized carbons (Fsp3) is 0. The summed E-state index contributed by atoms with van der Waals surface area (Å²) in [7, 11) is 0. The Morgan fingerprint density at radius 3 is 2.73 bits per heavy atom. The minimum Gasteiger partial charge on any atom is -0.423 e. The van der Waals surface area contributed by atoms with Gasteiger partial charge in [0, 0.05) is 10.1 Å². The molecule has 22 heavy (non-hydrogen) atoms. The lowest BCUT2D eigenvalue weighted by Crippen LogP contribution is -2.10. The summed E-state index contributed by atoms with van der Waals surface area (Å²) in [6, 6.07) is 15.1. The first-order chi connectivity index (χ1) is 10.7. The van der Waals surface area contributed by atoms with Gasteiger partial charge in [0.25, 0.3) is 5.91 Å². The Labute approximate surface area is 134 Å². The van der Waals surface area contributed by atoms with Crippen molar-refractivity contribution in [3.05, 3.63) is 58.4 Å². The molecular weight excluding hydrogens is 320 g/mol. The number of carbonyl (C=O) groups is 1. The first-order valence-corrected chi connectivity index (χ1v) is 7.76. The normalized spacial score (nSPS) is 11.1. The van der Waals surface area contributed by atoms with Crippen LogP contribution in [0, 0.1) is 0 Å². The molecule has 0 bridgehead atoms. The fourth-order valence-corrected chi connectivity index (χ4v) is 3.65. The van der Waals surface area contributed by atoms with Gasteiger partial charge in [0.2, 0.25) is 0 Å². The average molecular weight is 329 g/mol. The van der Waals surface area contributed by atoms with Gasteiger partial charge in [-0.2, -0.15) is 4.98 Å². The van der Waals surface area contributed by atoms with Crippen molar-refractivity contribution in [3.63, 3.8) is 0 Å². The Morgan fingerprint density at radius 2 is 1.91 bits per heavy atom. The lowest BCUT2D eigenvalue weighted by Gasteiger charge is -1.98. The molecular formula is C16H9ClN2O2S. The molecule has 0 aliphatic carbocycles. The number of thiophene rings is 1. The van der Waals surface area contributed by atoms with E-state index in [4.69, 9.17) is 16.0 Å². The number of oxazole rings is 1. The summed E-state index contributed by atoms with van der Waals surface area (Å²) in [5, 5.41) is 3.98. The van der Waals surface area contributed by atoms with Gasteiger partial charge in [-0.25, -0.2) is 0 Å². The lowest BCUT2D eigenvalue weighted by atomic mass is 10.2. The third-order valence-corrected chi connectivity index (χ3v) is 4.93. The van der Waals surface area contributed by atoms with Crippen molar-refractivity contribution in [2.24, 2.45) is 0 Å². The molecule has 0 fully saturated rings. The zero-order valence-electron chi connectivity index (χ0n) is 11.2. The van der Waals surface area contributed by atoms with Crippen LogP contribution in [0.15, 0.2) is 52.9 Å². The molecule has 108 valence electrons. The number of carbonyl (C=O) groups excluding carboxylic acids is 1. The molecule has 2 aromatic heterocycles. The molecule has 2 heterocycles. The molecule has 4 rings (SSSR count). The first kappa shape index (κ1) is 13.3. The maximum Gasteiger partial charge on any atom is 0.302 e. The van der Waals surface area contributed by atoms with Crippen molar-refractivity contribution in [1.82, 2.24) is 4.98 Å². The van der Waals surface area contributed by atoms with Crippen LogP contribution in [0.4, 0.5) is 6.01 Å². The Hall–Kier alpha value is -2.37. The van der Waals surface area contributed by atoms with E-state index in [-0.39, 0.29) is 11.9 Å². The van der Waals surface area contributed by atoms with E-state index in [1.165, 1.54) is 11.3 Å². The molecule has 0 saturated carbocycles. The third-order valence-electron chi connectivity index (χ3n) is 3.26. The Morgan fingerprint density at radius 1 is 1.14 bits per heavy atom. The van der Waals surface area contributed by atoms with Crippen molar-refractivity contribution >= 4 is 56.0 Å². The maximum absolute atomic E-state index is 12.4. The van der Waals surface area contributed by atoms with Gasteiger partial charge in [-0.1, -0.05) is 41.9 Å². The highest BCUT2D eigenvalue weighted by Gasteiger charge is 2.18. The minimum atomic E-state index is -0.322. The quantitative estimate of drug-likeness (QED) is 0.566. The van der Waals surface area contributed by atoms with Crippen molar-refractivity contribution in [2.75, 3.05) is 5.32 Å². The molecule has 0 aliphatic heterocycles. The number of nitrogens with one attached hydrogen (secondary N) is 1. The van der Waals surface area contributed by atoms with Crippen molar-refractivity contribution in [3.8, 4) is 0 Å². The summed E-state index contributed by atoms with van der Waals surface area (Å²) < 4.78 is 6.46. The summed E-state index contributed by atoms with van der Waals surface area (Å²) >= 11 is 7.64. The highest BCUT2D eigenvalue weighted by molar-refractivity contribution is 7.21. The Bertz CT molecular complexity index is 973. The number of amides is 1. The van der Waals surface area contributed by atoms with Gasteiger partial charge in [-0.3, -0.25) is 10.1 Å². The standard InChI is InChI=1S/C16H9ClN2O2S/c17-13-9-5-1-4-8-12(9)22-14(13)15(20)19-16-18-10-6-2-3-7-11(10)21-16/h1-8H,(H,18,19,20). The van der Waals surface area contributed by atoms with Crippen LogP contribution in [-0.4, -0.2) is 10.9 Å². The number of anilines is 1. The number of hydrogen-bond acceptors (Lipinski definition) is 4. The van der Waals surface area contributed by atoms with Crippen LogP contribution in [0.3, 0.4) is 0 Å². The average Bonchev–Trinajstić information content (AvgIpc) is 3.08. The maximum atomic E-state index is 12.4. The molecule has 6 heteroatoms. The van der Waals surface area contributed by atoms with E-state index in [0.717, 1.165) is 10.1 Å². The summed E-state index contributed by atoms with van der Waals surface area (Å²) in [6.07, 6.45) is 0. The zero-order valence-corrected chi connectivity index (χ0v) is 12.7. The van der Waals surface area contributed by atoms with Gasteiger partial charge >= 0.3 is 6.01 Å². The number of aromatic nitrogens is 1. The highest BCUT2D eigenvalue weighted by Crippen LogP contribution is 2.35. The number of rotatable bonds is 2.